The van der Waals surface area contributed by atoms with E-state index in [0.29, 0.717) is 32.0 Å². The van der Waals surface area contributed by atoms with E-state index < -0.39 is 5.97 Å². The van der Waals surface area contributed by atoms with Crippen molar-refractivity contribution in [2.45, 2.75) is 13.5 Å². The molecule has 0 radical (unpaired) electrons. The molecule has 0 bridgehead atoms. The van der Waals surface area contributed by atoms with E-state index in [1.165, 1.54) is 4.68 Å². The molecule has 1 aliphatic rings. The van der Waals surface area contributed by atoms with E-state index in [0.717, 1.165) is 0 Å². The number of aromatic carboxylic acids is 1. The molecule has 0 spiro atoms. The zero-order valence-electron chi connectivity index (χ0n) is 10.00. The Bertz CT molecular complexity index is 464. The highest BCUT2D eigenvalue weighted by Crippen LogP contribution is 2.05. The highest BCUT2D eigenvalue weighted by Gasteiger charge is 2.20. The number of ether oxygens (including phenoxy) is 1. The van der Waals surface area contributed by atoms with Crippen molar-refractivity contribution in [2.75, 3.05) is 26.3 Å². The van der Waals surface area contributed by atoms with Crippen LogP contribution in [0.5, 0.6) is 0 Å². The minimum Gasteiger partial charge on any atom is -0.476 e. The molecule has 98 valence electrons. The van der Waals surface area contributed by atoms with Gasteiger partial charge in [-0.05, 0) is 6.92 Å². The van der Waals surface area contributed by atoms with Gasteiger partial charge >= 0.3 is 5.97 Å². The van der Waals surface area contributed by atoms with Crippen LogP contribution in [0.2, 0.25) is 0 Å². The molecule has 1 fully saturated rings. The Hall–Kier alpha value is -1.96. The van der Waals surface area contributed by atoms with Crippen molar-refractivity contribution >= 4 is 11.9 Å². The topological polar surface area (TPSA) is 97.5 Å². The molecule has 1 aromatic heterocycles. The second-order valence-electron chi connectivity index (χ2n) is 3.98. The number of carbonyl (C=O) groups is 2. The number of nitrogens with zero attached hydrogens (tertiary/aromatic N) is 4. The number of hydrogen-bond acceptors (Lipinski definition) is 5. The zero-order chi connectivity index (χ0) is 13.1. The lowest BCUT2D eigenvalue weighted by atomic mass is 10.3. The first-order chi connectivity index (χ1) is 8.59. The van der Waals surface area contributed by atoms with Gasteiger partial charge in [0, 0.05) is 13.1 Å². The van der Waals surface area contributed by atoms with Gasteiger partial charge < -0.3 is 14.7 Å². The van der Waals surface area contributed by atoms with Crippen LogP contribution in [0.15, 0.2) is 0 Å². The molecular weight excluding hydrogens is 240 g/mol. The third kappa shape index (κ3) is 2.48. The van der Waals surface area contributed by atoms with Gasteiger partial charge in [0.15, 0.2) is 5.69 Å². The molecule has 0 saturated carbocycles. The van der Waals surface area contributed by atoms with Crippen LogP contribution in [-0.4, -0.2) is 63.2 Å². The van der Waals surface area contributed by atoms with Gasteiger partial charge in [-0.25, -0.2) is 9.48 Å². The first kappa shape index (κ1) is 12.5. The second kappa shape index (κ2) is 5.13. The Morgan fingerprint density at radius 2 is 2.06 bits per heavy atom. The van der Waals surface area contributed by atoms with Crippen LogP contribution in [-0.2, 0) is 16.1 Å². The van der Waals surface area contributed by atoms with Crippen molar-refractivity contribution in [1.82, 2.24) is 19.9 Å². The Kier molecular flexibility index (Phi) is 3.56. The molecule has 8 heteroatoms. The number of rotatable bonds is 3. The fourth-order valence-electron chi connectivity index (χ4n) is 1.75. The number of aromatic nitrogens is 3. The average molecular weight is 254 g/mol. The number of carboxylic acids is 1. The van der Waals surface area contributed by atoms with E-state index >= 15 is 0 Å². The summed E-state index contributed by atoms with van der Waals surface area (Å²) >= 11 is 0. The molecule has 8 nitrogen and oxygen atoms in total. The maximum atomic E-state index is 11.9. The normalized spacial score (nSPS) is 15.7. The van der Waals surface area contributed by atoms with Crippen LogP contribution in [0, 0.1) is 6.92 Å². The SMILES string of the molecule is Cc1c(C(=O)O)nnn1CC(=O)N1CCOCC1. The predicted octanol–water partition coefficient (Wildman–Crippen LogP) is -0.856. The minimum atomic E-state index is -1.14. The van der Waals surface area contributed by atoms with Crippen LogP contribution in [0.4, 0.5) is 0 Å². The van der Waals surface area contributed by atoms with Gasteiger partial charge in [0.05, 0.1) is 18.9 Å². The van der Waals surface area contributed by atoms with Gasteiger partial charge in [0.1, 0.15) is 6.54 Å². The predicted molar refractivity (Wildman–Crippen MR) is 59.1 cm³/mol. The number of hydrogen-bond donors (Lipinski definition) is 1. The first-order valence-corrected chi connectivity index (χ1v) is 5.58. The lowest BCUT2D eigenvalue weighted by molar-refractivity contribution is -0.136. The van der Waals surface area contributed by atoms with Crippen molar-refractivity contribution in [1.29, 1.82) is 0 Å². The summed E-state index contributed by atoms with van der Waals surface area (Å²) in [7, 11) is 0. The summed E-state index contributed by atoms with van der Waals surface area (Å²) in [5.74, 6) is -1.25. The van der Waals surface area contributed by atoms with Gasteiger partial charge in [-0.2, -0.15) is 0 Å². The zero-order valence-corrected chi connectivity index (χ0v) is 10.00. The molecule has 18 heavy (non-hydrogen) atoms. The van der Waals surface area contributed by atoms with Crippen molar-refractivity contribution in [2.24, 2.45) is 0 Å². The highest BCUT2D eigenvalue weighted by atomic mass is 16.5. The van der Waals surface area contributed by atoms with Crippen LogP contribution in [0.1, 0.15) is 16.2 Å². The summed E-state index contributed by atoms with van der Waals surface area (Å²) in [6.45, 7) is 3.75. The first-order valence-electron chi connectivity index (χ1n) is 5.58. The highest BCUT2D eigenvalue weighted by molar-refractivity contribution is 5.86. The summed E-state index contributed by atoms with van der Waals surface area (Å²) in [4.78, 5) is 24.4. The minimum absolute atomic E-state index is 0.00606. The quantitative estimate of drug-likeness (QED) is 0.754. The van der Waals surface area contributed by atoms with Crippen LogP contribution in [0.3, 0.4) is 0 Å². The molecule has 0 unspecified atom stereocenters. The molecule has 1 aromatic rings. The number of amides is 1. The smallest absolute Gasteiger partial charge is 0.358 e. The molecule has 2 rings (SSSR count). The summed E-state index contributed by atoms with van der Waals surface area (Å²) in [5, 5.41) is 16.0. The fraction of sp³-hybridized carbons (Fsp3) is 0.600. The van der Waals surface area contributed by atoms with E-state index in [2.05, 4.69) is 10.3 Å². The van der Waals surface area contributed by atoms with Gasteiger partial charge in [-0.3, -0.25) is 4.79 Å². The lowest BCUT2D eigenvalue weighted by Crippen LogP contribution is -2.42. The van der Waals surface area contributed by atoms with Crippen LogP contribution >= 0.6 is 0 Å². The average Bonchev–Trinajstić information content (AvgIpc) is 2.72. The summed E-state index contributed by atoms with van der Waals surface area (Å²) in [6.07, 6.45) is 0. The molecule has 1 amide bonds. The number of carboxylic acid groups (broad SMARTS) is 1. The van der Waals surface area contributed by atoms with Crippen molar-refractivity contribution in [3.8, 4) is 0 Å². The van der Waals surface area contributed by atoms with Gasteiger partial charge in [-0.1, -0.05) is 5.21 Å². The third-order valence-electron chi connectivity index (χ3n) is 2.83. The maximum Gasteiger partial charge on any atom is 0.358 e. The number of morpholine rings is 1. The summed E-state index contributed by atoms with van der Waals surface area (Å²) in [5.41, 5.74) is 0.258. The Morgan fingerprint density at radius 1 is 1.39 bits per heavy atom. The Labute approximate surface area is 103 Å². The number of carbonyl (C=O) groups excluding carboxylic acids is 1. The molecule has 0 atom stereocenters. The molecular formula is C10H14N4O4. The van der Waals surface area contributed by atoms with E-state index in [4.69, 9.17) is 9.84 Å². The standard InChI is InChI=1S/C10H14N4O4/c1-7-9(10(16)17)11-12-14(7)6-8(15)13-2-4-18-5-3-13/h2-6H2,1H3,(H,16,17). The monoisotopic (exact) mass is 254 g/mol. The summed E-state index contributed by atoms with van der Waals surface area (Å²) < 4.78 is 6.46. The molecule has 1 saturated heterocycles. The van der Waals surface area contributed by atoms with Gasteiger partial charge in [0.2, 0.25) is 5.91 Å². The maximum absolute atomic E-state index is 11.9. The van der Waals surface area contributed by atoms with Crippen LogP contribution in [0.25, 0.3) is 0 Å². The Morgan fingerprint density at radius 3 is 2.61 bits per heavy atom. The van der Waals surface area contributed by atoms with E-state index in [1.807, 2.05) is 0 Å². The van der Waals surface area contributed by atoms with Crippen molar-refractivity contribution < 1.29 is 19.4 Å². The van der Waals surface area contributed by atoms with E-state index in [1.54, 1.807) is 11.8 Å². The summed E-state index contributed by atoms with van der Waals surface area (Å²) in [6, 6.07) is 0. The fourth-order valence-corrected chi connectivity index (χ4v) is 1.75. The molecule has 1 N–H and O–H groups in total. The van der Waals surface area contributed by atoms with Crippen molar-refractivity contribution in [3.05, 3.63) is 11.4 Å². The van der Waals surface area contributed by atoms with Gasteiger partial charge in [-0.15, -0.1) is 5.10 Å². The van der Waals surface area contributed by atoms with Gasteiger partial charge in [0.25, 0.3) is 0 Å². The molecule has 2 heterocycles. The molecule has 0 aliphatic carbocycles. The molecule has 0 aromatic carbocycles. The Balaban J connectivity index is 2.04. The second-order valence-corrected chi connectivity index (χ2v) is 3.98. The van der Waals surface area contributed by atoms with Crippen molar-refractivity contribution in [3.63, 3.8) is 0 Å². The van der Waals surface area contributed by atoms with Crippen LogP contribution < -0.4 is 0 Å². The largest absolute Gasteiger partial charge is 0.476 e. The lowest BCUT2D eigenvalue weighted by Gasteiger charge is -2.26. The van der Waals surface area contributed by atoms with E-state index in [9.17, 15) is 9.59 Å². The third-order valence-corrected chi connectivity index (χ3v) is 2.83. The molecule has 1 aliphatic heterocycles. The van der Waals surface area contributed by atoms with E-state index in [-0.39, 0.29) is 18.1 Å².